The van der Waals surface area contributed by atoms with E-state index in [0.29, 0.717) is 12.8 Å². The summed E-state index contributed by atoms with van der Waals surface area (Å²) in [5.74, 6) is -2.00. The zero-order chi connectivity index (χ0) is 46.9. The van der Waals surface area contributed by atoms with E-state index >= 15 is 0 Å². The molecule has 374 valence electrons. The van der Waals surface area contributed by atoms with Crippen LogP contribution in [0.2, 0.25) is 0 Å². The van der Waals surface area contributed by atoms with E-state index in [1.54, 1.807) is 0 Å². The van der Waals surface area contributed by atoms with Gasteiger partial charge >= 0.3 is 11.9 Å². The van der Waals surface area contributed by atoms with Crippen LogP contribution in [0.15, 0.2) is 36.5 Å². The van der Waals surface area contributed by atoms with E-state index in [4.69, 9.17) is 18.9 Å². The van der Waals surface area contributed by atoms with Gasteiger partial charge in [-0.1, -0.05) is 198 Å². The van der Waals surface area contributed by atoms with Gasteiger partial charge in [-0.3, -0.25) is 14.1 Å². The Labute approximate surface area is 389 Å². The molecule has 2 unspecified atom stereocenters. The first kappa shape index (κ1) is 59.9. The number of ether oxygens (including phenoxy) is 4. The van der Waals surface area contributed by atoms with E-state index < -0.39 is 71.2 Å². The summed E-state index contributed by atoms with van der Waals surface area (Å²) in [6.07, 6.45) is 39.1. The second-order valence-electron chi connectivity index (χ2n) is 17.8. The Bertz CT molecular complexity index is 1320. The first-order valence-corrected chi connectivity index (χ1v) is 27.2. The number of rotatable bonds is 43. The van der Waals surface area contributed by atoms with Crippen molar-refractivity contribution in [3.05, 3.63) is 36.5 Å². The Kier molecular flexibility index (Phi) is 38.4. The summed E-state index contributed by atoms with van der Waals surface area (Å²) in [7, 11) is -4.61. The van der Waals surface area contributed by atoms with Crippen LogP contribution in [0, 0.1) is 0 Å². The number of carbonyl (C=O) groups is 2. The SMILES string of the molecule is CC/C=C/C/C=C/C/C=C/CCCCCCCC(=O)O[C@H](COC(=O)CCCCCCCCCCCCCCCCCCCCCCC)CO[C@H]1O[C@H](CS(=O)(=O)O)[C@@H](O)C(O)C1O. The number of aliphatic hydroxyl groups excluding tert-OH is 3. The van der Waals surface area contributed by atoms with E-state index in [0.717, 1.165) is 70.6 Å². The van der Waals surface area contributed by atoms with Gasteiger partial charge in [0.2, 0.25) is 0 Å². The summed E-state index contributed by atoms with van der Waals surface area (Å²) < 4.78 is 54.2. The smallest absolute Gasteiger partial charge is 0.306 e. The van der Waals surface area contributed by atoms with Crippen molar-refractivity contribution in [1.82, 2.24) is 0 Å². The molecule has 12 nitrogen and oxygen atoms in total. The second-order valence-corrected chi connectivity index (χ2v) is 19.3. The molecule has 0 radical (unpaired) electrons. The van der Waals surface area contributed by atoms with Crippen molar-refractivity contribution in [3.63, 3.8) is 0 Å². The van der Waals surface area contributed by atoms with Crippen LogP contribution < -0.4 is 0 Å². The highest BCUT2D eigenvalue weighted by Gasteiger charge is 2.46. The van der Waals surface area contributed by atoms with Crippen molar-refractivity contribution in [2.45, 2.75) is 256 Å². The third-order valence-corrected chi connectivity index (χ3v) is 12.5. The number of hydrogen-bond donors (Lipinski definition) is 4. The zero-order valence-corrected chi connectivity index (χ0v) is 41.0. The highest BCUT2D eigenvalue weighted by atomic mass is 32.2. The van der Waals surface area contributed by atoms with Gasteiger partial charge in [-0.05, 0) is 44.9 Å². The molecule has 1 aliphatic rings. The number of allylic oxidation sites excluding steroid dienone is 6. The number of aliphatic hydroxyl groups is 3. The van der Waals surface area contributed by atoms with Crippen LogP contribution in [0.3, 0.4) is 0 Å². The van der Waals surface area contributed by atoms with Crippen molar-refractivity contribution >= 4 is 22.1 Å². The molecule has 0 bridgehead atoms. The van der Waals surface area contributed by atoms with Gasteiger partial charge in [-0.2, -0.15) is 8.42 Å². The quantitative estimate of drug-likeness (QED) is 0.0196. The zero-order valence-electron chi connectivity index (χ0n) is 40.1. The molecule has 1 rings (SSSR count). The highest BCUT2D eigenvalue weighted by molar-refractivity contribution is 7.85. The lowest BCUT2D eigenvalue weighted by Crippen LogP contribution is -2.60. The fourth-order valence-corrected chi connectivity index (χ4v) is 8.50. The number of esters is 2. The second kappa shape index (κ2) is 41.1. The molecule has 0 aromatic rings. The molecule has 1 fully saturated rings. The lowest BCUT2D eigenvalue weighted by Gasteiger charge is -2.40. The molecule has 6 atom stereocenters. The van der Waals surface area contributed by atoms with Gasteiger partial charge in [0.05, 0.1) is 6.61 Å². The van der Waals surface area contributed by atoms with Crippen LogP contribution in [0.4, 0.5) is 0 Å². The van der Waals surface area contributed by atoms with E-state index in [1.165, 1.54) is 109 Å². The monoisotopic (exact) mass is 929 g/mol. The average Bonchev–Trinajstić information content (AvgIpc) is 3.26. The lowest BCUT2D eigenvalue weighted by atomic mass is 10.00. The van der Waals surface area contributed by atoms with Gasteiger partial charge < -0.3 is 34.3 Å². The van der Waals surface area contributed by atoms with Gasteiger partial charge in [-0.25, -0.2) is 0 Å². The Morgan fingerprint density at radius 2 is 0.984 bits per heavy atom. The first-order chi connectivity index (χ1) is 31.0. The molecule has 4 N–H and O–H groups in total. The molecule has 0 aliphatic carbocycles. The Morgan fingerprint density at radius 1 is 0.547 bits per heavy atom. The summed E-state index contributed by atoms with van der Waals surface area (Å²) in [5.41, 5.74) is 0. The van der Waals surface area contributed by atoms with Crippen LogP contribution in [0.25, 0.3) is 0 Å². The van der Waals surface area contributed by atoms with Crippen LogP contribution in [0.5, 0.6) is 0 Å². The molecule has 1 saturated heterocycles. The standard InChI is InChI=1S/C51H92O12S/c1-3-5-7-9-11-13-15-17-19-20-21-22-23-24-26-27-29-31-33-35-37-39-46(52)60-41-44(42-61-51-50(56)49(55)48(54)45(63-51)43-64(57,58)59)62-47(53)40-38-36-34-32-30-28-25-18-16-14-12-10-8-6-4-2/h6,8,12,14,18,25,44-45,48-51,54-56H,3-5,7,9-11,13,15-17,19-24,26-43H2,1-2H3,(H,57,58,59)/b8-6+,14-12+,25-18+/t44-,45-,48-,49?,50?,51+/m1/s1. The molecule has 0 spiro atoms. The summed E-state index contributed by atoms with van der Waals surface area (Å²) in [5, 5.41) is 30.9. The Hall–Kier alpha value is -2.13. The highest BCUT2D eigenvalue weighted by Crippen LogP contribution is 2.24. The topological polar surface area (TPSA) is 186 Å². The maximum Gasteiger partial charge on any atom is 0.306 e. The van der Waals surface area contributed by atoms with Crippen molar-refractivity contribution in [2.24, 2.45) is 0 Å². The summed E-state index contributed by atoms with van der Waals surface area (Å²) in [6, 6.07) is 0. The minimum Gasteiger partial charge on any atom is -0.462 e. The molecule has 1 heterocycles. The minimum atomic E-state index is -4.61. The molecule has 0 aromatic heterocycles. The number of hydrogen-bond acceptors (Lipinski definition) is 11. The van der Waals surface area contributed by atoms with E-state index in [2.05, 4.69) is 50.3 Å². The van der Waals surface area contributed by atoms with Crippen LogP contribution in [-0.4, -0.2) is 96.0 Å². The maximum atomic E-state index is 12.8. The van der Waals surface area contributed by atoms with E-state index in [-0.39, 0.29) is 19.4 Å². The van der Waals surface area contributed by atoms with E-state index in [9.17, 15) is 37.9 Å². The molecule has 64 heavy (non-hydrogen) atoms. The van der Waals surface area contributed by atoms with Gasteiger partial charge in [0, 0.05) is 12.8 Å². The first-order valence-electron chi connectivity index (χ1n) is 25.5. The maximum absolute atomic E-state index is 12.8. The number of unbranched alkanes of at least 4 members (excludes halogenated alkanes) is 25. The van der Waals surface area contributed by atoms with Crippen molar-refractivity contribution < 1.29 is 56.8 Å². The van der Waals surface area contributed by atoms with Crippen LogP contribution in [0.1, 0.15) is 219 Å². The average molecular weight is 929 g/mol. The molecule has 13 heteroatoms. The molecule has 1 aliphatic heterocycles. The molecule has 0 aromatic carbocycles. The molecular formula is C51H92O12S. The molecule has 0 amide bonds. The predicted octanol–water partition coefficient (Wildman–Crippen LogP) is 11.3. The summed E-state index contributed by atoms with van der Waals surface area (Å²) in [4.78, 5) is 25.5. The minimum absolute atomic E-state index is 0.146. The Morgan fingerprint density at radius 3 is 1.47 bits per heavy atom. The van der Waals surface area contributed by atoms with Crippen LogP contribution >= 0.6 is 0 Å². The lowest BCUT2D eigenvalue weighted by molar-refractivity contribution is -0.297. The third-order valence-electron chi connectivity index (χ3n) is 11.7. The van der Waals surface area contributed by atoms with Gasteiger partial charge in [0.15, 0.2) is 12.4 Å². The summed E-state index contributed by atoms with van der Waals surface area (Å²) in [6.45, 7) is 3.66. The van der Waals surface area contributed by atoms with Crippen LogP contribution in [-0.2, 0) is 38.7 Å². The van der Waals surface area contributed by atoms with Crippen molar-refractivity contribution in [2.75, 3.05) is 19.0 Å². The van der Waals surface area contributed by atoms with Gasteiger partial charge in [-0.15, -0.1) is 0 Å². The molecular weight excluding hydrogens is 837 g/mol. The Balaban J connectivity index is 2.35. The van der Waals surface area contributed by atoms with Crippen molar-refractivity contribution in [3.8, 4) is 0 Å². The largest absolute Gasteiger partial charge is 0.462 e. The predicted molar refractivity (Wildman–Crippen MR) is 256 cm³/mol. The van der Waals surface area contributed by atoms with Gasteiger partial charge in [0.1, 0.15) is 36.8 Å². The number of carbonyl (C=O) groups excluding carboxylic acids is 2. The fourth-order valence-electron chi connectivity index (χ4n) is 7.81. The molecule has 0 saturated carbocycles. The summed E-state index contributed by atoms with van der Waals surface area (Å²) >= 11 is 0. The van der Waals surface area contributed by atoms with Crippen molar-refractivity contribution in [1.29, 1.82) is 0 Å². The third kappa shape index (κ3) is 35.1. The van der Waals surface area contributed by atoms with E-state index in [1.807, 2.05) is 0 Å². The van der Waals surface area contributed by atoms with Gasteiger partial charge in [0.25, 0.3) is 10.1 Å². The fraction of sp³-hybridized carbons (Fsp3) is 0.843. The normalized spacial score (nSPS) is 19.9.